The van der Waals surface area contributed by atoms with E-state index in [1.54, 1.807) is 0 Å². The average Bonchev–Trinajstić information content (AvgIpc) is 3.46. The Morgan fingerprint density at radius 2 is 1.97 bits per heavy atom. The maximum Gasteiger partial charge on any atom is 0.275 e. The molecule has 2 aromatic heterocycles. The number of aliphatic hydroxyl groups is 2. The second-order valence-electron chi connectivity index (χ2n) is 7.73. The third-order valence-electron chi connectivity index (χ3n) is 5.31. The van der Waals surface area contributed by atoms with E-state index < -0.39 is 41.2 Å². The van der Waals surface area contributed by atoms with Crippen LogP contribution in [0.25, 0.3) is 11.5 Å². The van der Waals surface area contributed by atoms with Crippen molar-refractivity contribution in [3.63, 3.8) is 0 Å². The van der Waals surface area contributed by atoms with Crippen LogP contribution in [0, 0.1) is 11.6 Å². The fraction of sp³-hybridized carbons (Fsp3) is 0.318. The van der Waals surface area contributed by atoms with Crippen LogP contribution in [-0.4, -0.2) is 57.2 Å². The van der Waals surface area contributed by atoms with Gasteiger partial charge in [-0.05, 0) is 46.5 Å². The van der Waals surface area contributed by atoms with Gasteiger partial charge in [0.1, 0.15) is 23.5 Å². The number of benzene rings is 1. The summed E-state index contributed by atoms with van der Waals surface area (Å²) in [5.74, 6) is -3.16. The van der Waals surface area contributed by atoms with Gasteiger partial charge in [-0.3, -0.25) is 9.59 Å². The minimum atomic E-state index is -1.08. The van der Waals surface area contributed by atoms with Gasteiger partial charge in [-0.1, -0.05) is 0 Å². The molecule has 8 nitrogen and oxygen atoms in total. The number of β-amino-alcohol motifs (C(OH)–C–C–N with tert-alkyl or cyclic N) is 1. The smallest absolute Gasteiger partial charge is 0.275 e. The van der Waals surface area contributed by atoms with Crippen LogP contribution in [0.2, 0.25) is 0 Å². The van der Waals surface area contributed by atoms with Gasteiger partial charge in [-0.2, -0.15) is 11.3 Å². The second-order valence-corrected chi connectivity index (χ2v) is 8.51. The zero-order valence-electron chi connectivity index (χ0n) is 17.3. The number of aliphatic hydroxyl groups excluding tert-OH is 2. The Kier molecular flexibility index (Phi) is 6.82. The largest absolute Gasteiger partial charge is 0.443 e. The van der Waals surface area contributed by atoms with Gasteiger partial charge in [0.25, 0.3) is 5.91 Å². The zero-order chi connectivity index (χ0) is 23.5. The number of carbonyl (C=O) groups is 2. The number of amides is 2. The van der Waals surface area contributed by atoms with Crippen LogP contribution < -0.4 is 5.32 Å². The van der Waals surface area contributed by atoms with Gasteiger partial charge in [0.2, 0.25) is 11.8 Å². The first-order valence-electron chi connectivity index (χ1n) is 10.2. The molecule has 1 saturated heterocycles. The molecule has 0 bridgehead atoms. The molecule has 0 spiro atoms. The maximum atomic E-state index is 14.7. The van der Waals surface area contributed by atoms with Crippen molar-refractivity contribution in [1.82, 2.24) is 15.2 Å². The van der Waals surface area contributed by atoms with E-state index in [1.165, 1.54) is 16.2 Å². The minimum Gasteiger partial charge on any atom is -0.443 e. The summed E-state index contributed by atoms with van der Waals surface area (Å²) in [6.07, 6.45) is -0.628. The van der Waals surface area contributed by atoms with E-state index in [9.17, 15) is 28.6 Å². The van der Waals surface area contributed by atoms with E-state index in [4.69, 9.17) is 4.42 Å². The Bertz CT molecular complexity index is 1130. The van der Waals surface area contributed by atoms with E-state index in [2.05, 4.69) is 10.3 Å². The predicted octanol–water partition coefficient (Wildman–Crippen LogP) is 2.11. The van der Waals surface area contributed by atoms with Gasteiger partial charge in [0.15, 0.2) is 5.69 Å². The number of hydrogen-bond acceptors (Lipinski definition) is 7. The lowest BCUT2D eigenvalue weighted by molar-refractivity contribution is -0.120. The number of thiophene rings is 1. The Balaban J connectivity index is 1.43. The molecule has 1 fully saturated rings. The van der Waals surface area contributed by atoms with Crippen LogP contribution in [0.3, 0.4) is 0 Å². The SMILES string of the molecule is O=C(Cc1ccsc1)NCc1cc(F)c(-c2nc(C(=O)N3CC[C@H](O)[C@@H](O)C3)co2)c(F)c1. The number of rotatable bonds is 6. The number of nitrogens with one attached hydrogen (secondary N) is 1. The molecule has 3 aromatic rings. The highest BCUT2D eigenvalue weighted by molar-refractivity contribution is 7.08. The lowest BCUT2D eigenvalue weighted by Crippen LogP contribution is -2.49. The fourth-order valence-electron chi connectivity index (χ4n) is 3.53. The molecule has 11 heteroatoms. The highest BCUT2D eigenvalue weighted by atomic mass is 32.1. The van der Waals surface area contributed by atoms with Crippen LogP contribution in [-0.2, 0) is 17.8 Å². The summed E-state index contributed by atoms with van der Waals surface area (Å²) in [7, 11) is 0. The number of oxazole rings is 1. The first-order valence-corrected chi connectivity index (χ1v) is 11.1. The molecule has 3 heterocycles. The summed E-state index contributed by atoms with van der Waals surface area (Å²) in [5.41, 5.74) is 0.375. The Morgan fingerprint density at radius 3 is 2.64 bits per heavy atom. The average molecular weight is 477 g/mol. The van der Waals surface area contributed by atoms with Crippen molar-refractivity contribution >= 4 is 23.2 Å². The molecular formula is C22H21F2N3O5S. The van der Waals surface area contributed by atoms with Crippen molar-refractivity contribution in [3.05, 3.63) is 63.7 Å². The molecule has 33 heavy (non-hydrogen) atoms. The van der Waals surface area contributed by atoms with Crippen molar-refractivity contribution in [3.8, 4) is 11.5 Å². The third-order valence-corrected chi connectivity index (χ3v) is 6.04. The molecule has 0 aliphatic carbocycles. The minimum absolute atomic E-state index is 0.0600. The Labute approximate surface area is 191 Å². The summed E-state index contributed by atoms with van der Waals surface area (Å²) >= 11 is 1.47. The van der Waals surface area contributed by atoms with E-state index in [0.29, 0.717) is 0 Å². The lowest BCUT2D eigenvalue weighted by Gasteiger charge is -2.32. The van der Waals surface area contributed by atoms with Gasteiger partial charge < -0.3 is 24.8 Å². The third kappa shape index (κ3) is 5.27. The molecule has 3 N–H and O–H groups in total. The van der Waals surface area contributed by atoms with Crippen LogP contribution in [0.4, 0.5) is 8.78 Å². The molecule has 1 aliphatic rings. The number of halogens is 2. The normalized spacial score (nSPS) is 18.4. The molecule has 174 valence electrons. The Hall–Kier alpha value is -3.15. The molecule has 0 radical (unpaired) electrons. The zero-order valence-corrected chi connectivity index (χ0v) is 18.1. The van der Waals surface area contributed by atoms with Crippen molar-refractivity contribution in [2.75, 3.05) is 13.1 Å². The molecule has 0 saturated carbocycles. The summed E-state index contributed by atoms with van der Waals surface area (Å²) < 4.78 is 34.5. The quantitative estimate of drug-likeness (QED) is 0.501. The highest BCUT2D eigenvalue weighted by Gasteiger charge is 2.31. The van der Waals surface area contributed by atoms with Gasteiger partial charge in [-0.15, -0.1) is 0 Å². The first kappa shape index (κ1) is 23.0. The number of hydrogen-bond donors (Lipinski definition) is 3. The first-order chi connectivity index (χ1) is 15.8. The monoisotopic (exact) mass is 477 g/mol. The predicted molar refractivity (Wildman–Crippen MR) is 114 cm³/mol. The lowest BCUT2D eigenvalue weighted by atomic mass is 10.0. The summed E-state index contributed by atoms with van der Waals surface area (Å²) in [6, 6.07) is 3.96. The number of aromatic nitrogens is 1. The van der Waals surface area contributed by atoms with E-state index in [-0.39, 0.29) is 49.6 Å². The van der Waals surface area contributed by atoms with E-state index in [0.717, 1.165) is 24.0 Å². The van der Waals surface area contributed by atoms with Crippen LogP contribution in [0.1, 0.15) is 28.0 Å². The molecule has 2 atom stereocenters. The van der Waals surface area contributed by atoms with Gasteiger partial charge in [0.05, 0.1) is 18.6 Å². The Morgan fingerprint density at radius 1 is 1.21 bits per heavy atom. The van der Waals surface area contributed by atoms with Crippen molar-refractivity contribution < 1.29 is 33.0 Å². The molecule has 0 unspecified atom stereocenters. The standard InChI is InChI=1S/C22H21F2N3O5S/c23-14-5-13(8-25-19(30)7-12-2-4-33-11-12)6-15(24)20(14)21-26-16(10-32-21)22(31)27-3-1-17(28)18(29)9-27/h2,4-6,10-11,17-18,28-29H,1,3,7-9H2,(H,25,30)/t17-,18-/m0/s1. The molecule has 1 aromatic carbocycles. The van der Waals surface area contributed by atoms with E-state index in [1.807, 2.05) is 16.8 Å². The molecule has 2 amide bonds. The van der Waals surface area contributed by atoms with E-state index >= 15 is 0 Å². The summed E-state index contributed by atoms with van der Waals surface area (Å²) in [4.78, 5) is 29.8. The fourth-order valence-corrected chi connectivity index (χ4v) is 4.19. The highest BCUT2D eigenvalue weighted by Crippen LogP contribution is 2.27. The molecular weight excluding hydrogens is 456 g/mol. The van der Waals surface area contributed by atoms with Crippen LogP contribution >= 0.6 is 11.3 Å². The van der Waals surface area contributed by atoms with Crippen molar-refractivity contribution in [2.24, 2.45) is 0 Å². The number of nitrogens with zero attached hydrogens (tertiary/aromatic N) is 2. The molecule has 4 rings (SSSR count). The number of carbonyl (C=O) groups excluding carboxylic acids is 2. The topological polar surface area (TPSA) is 116 Å². The summed E-state index contributed by atoms with van der Waals surface area (Å²) in [5, 5.41) is 25.7. The van der Waals surface area contributed by atoms with Crippen molar-refractivity contribution in [2.45, 2.75) is 31.6 Å². The van der Waals surface area contributed by atoms with Gasteiger partial charge >= 0.3 is 0 Å². The van der Waals surface area contributed by atoms with Gasteiger partial charge in [-0.25, -0.2) is 13.8 Å². The molecule has 1 aliphatic heterocycles. The van der Waals surface area contributed by atoms with Crippen LogP contribution in [0.15, 0.2) is 39.6 Å². The van der Waals surface area contributed by atoms with Gasteiger partial charge in [0, 0.05) is 19.6 Å². The van der Waals surface area contributed by atoms with Crippen LogP contribution in [0.5, 0.6) is 0 Å². The maximum absolute atomic E-state index is 14.7. The number of likely N-dealkylation sites (tertiary alicyclic amines) is 1. The summed E-state index contributed by atoms with van der Waals surface area (Å²) in [6.45, 7) is 0.0576. The van der Waals surface area contributed by atoms with Crippen molar-refractivity contribution in [1.29, 1.82) is 0 Å². The number of piperidine rings is 1. The second kappa shape index (κ2) is 9.77.